The molecule has 0 radical (unpaired) electrons. The van der Waals surface area contributed by atoms with Gasteiger partial charge in [-0.25, -0.2) is 0 Å². The number of hydrogen-bond acceptors (Lipinski definition) is 4. The van der Waals surface area contributed by atoms with Crippen LogP contribution < -0.4 is 0 Å². The maximum atomic E-state index is 5.69. The Hall–Kier alpha value is -0.980. The Morgan fingerprint density at radius 2 is 2.53 bits per heavy atom. The lowest BCUT2D eigenvalue weighted by atomic mass is 10.2. The first-order valence-electron chi connectivity index (χ1n) is 6.62. The van der Waals surface area contributed by atoms with Crippen LogP contribution in [0.5, 0.6) is 0 Å². The number of nitrogens with one attached hydrogen (secondary N) is 1. The molecule has 3 heterocycles. The maximum absolute atomic E-state index is 5.69. The van der Waals surface area contributed by atoms with E-state index in [1.165, 1.54) is 4.88 Å². The minimum Gasteiger partial charge on any atom is -0.376 e. The molecule has 3 rings (SSSR count). The van der Waals surface area contributed by atoms with Crippen LogP contribution in [-0.2, 0) is 17.7 Å². The van der Waals surface area contributed by atoms with Crippen molar-refractivity contribution in [1.29, 1.82) is 0 Å². The summed E-state index contributed by atoms with van der Waals surface area (Å²) < 4.78 is 8.43. The Bertz CT molecular complexity index is 607. The van der Waals surface area contributed by atoms with Crippen molar-refractivity contribution >= 4 is 23.6 Å². The van der Waals surface area contributed by atoms with Crippen LogP contribution in [-0.4, -0.2) is 27.5 Å². The van der Waals surface area contributed by atoms with Gasteiger partial charge in [-0.1, -0.05) is 6.92 Å². The van der Waals surface area contributed by atoms with E-state index in [2.05, 4.69) is 33.1 Å². The Kier molecular flexibility index (Phi) is 3.81. The quantitative estimate of drug-likeness (QED) is 0.879. The minimum atomic E-state index is 0.271. The van der Waals surface area contributed by atoms with Gasteiger partial charge in [-0.2, -0.15) is 5.10 Å². The molecule has 102 valence electrons. The van der Waals surface area contributed by atoms with Gasteiger partial charge in [0.2, 0.25) is 0 Å². The first kappa shape index (κ1) is 13.0. The van der Waals surface area contributed by atoms with Crippen LogP contribution in [0.4, 0.5) is 0 Å². The van der Waals surface area contributed by atoms with Crippen molar-refractivity contribution in [1.82, 2.24) is 14.8 Å². The van der Waals surface area contributed by atoms with E-state index in [0.717, 1.165) is 43.8 Å². The third-order valence-electron chi connectivity index (χ3n) is 3.43. The predicted molar refractivity (Wildman–Crippen MR) is 79.1 cm³/mol. The SMILES string of the molecule is CCc1cc(-c2n[nH]c(=S)n2C[C@H]2CCCO2)cs1. The molecule has 0 aliphatic carbocycles. The standard InChI is InChI=1S/C13H17N3OS2/c1-2-11-6-9(8-19-11)12-14-15-13(18)16(12)7-10-4-3-5-17-10/h6,8,10H,2-5,7H2,1H3,(H,15,18)/t10-/m1/s1. The normalized spacial score (nSPS) is 19.1. The monoisotopic (exact) mass is 295 g/mol. The summed E-state index contributed by atoms with van der Waals surface area (Å²) in [4.78, 5) is 1.37. The Morgan fingerprint density at radius 1 is 1.63 bits per heavy atom. The first-order valence-corrected chi connectivity index (χ1v) is 7.91. The number of aromatic amines is 1. The van der Waals surface area contributed by atoms with Gasteiger partial charge in [-0.15, -0.1) is 11.3 Å². The molecule has 0 saturated carbocycles. The highest BCUT2D eigenvalue weighted by Crippen LogP contribution is 2.25. The maximum Gasteiger partial charge on any atom is 0.195 e. The van der Waals surface area contributed by atoms with Gasteiger partial charge in [-0.05, 0) is 37.5 Å². The molecule has 1 atom stereocenters. The van der Waals surface area contributed by atoms with Gasteiger partial charge in [0.25, 0.3) is 0 Å². The van der Waals surface area contributed by atoms with Crippen molar-refractivity contribution in [2.45, 2.75) is 38.8 Å². The number of nitrogens with zero attached hydrogens (tertiary/aromatic N) is 2. The zero-order chi connectivity index (χ0) is 13.2. The molecule has 0 spiro atoms. The van der Waals surface area contributed by atoms with Gasteiger partial charge in [0.1, 0.15) is 0 Å². The Labute approximate surface area is 121 Å². The van der Waals surface area contributed by atoms with E-state index in [-0.39, 0.29) is 6.10 Å². The number of aryl methyl sites for hydroxylation is 1. The van der Waals surface area contributed by atoms with Gasteiger partial charge in [-0.3, -0.25) is 9.67 Å². The van der Waals surface area contributed by atoms with E-state index in [4.69, 9.17) is 17.0 Å². The van der Waals surface area contributed by atoms with Crippen LogP contribution in [0.2, 0.25) is 0 Å². The second kappa shape index (κ2) is 5.56. The van der Waals surface area contributed by atoms with Crippen molar-refractivity contribution in [3.05, 3.63) is 21.1 Å². The number of rotatable bonds is 4. The summed E-state index contributed by atoms with van der Waals surface area (Å²) in [7, 11) is 0. The van der Waals surface area contributed by atoms with E-state index >= 15 is 0 Å². The molecule has 19 heavy (non-hydrogen) atoms. The number of ether oxygens (including phenoxy) is 1. The summed E-state index contributed by atoms with van der Waals surface area (Å²) in [5.74, 6) is 0.927. The largest absolute Gasteiger partial charge is 0.376 e. The van der Waals surface area contributed by atoms with Gasteiger partial charge in [0.15, 0.2) is 10.6 Å². The molecule has 1 aliphatic rings. The third-order valence-corrected chi connectivity index (χ3v) is 4.82. The Morgan fingerprint density at radius 3 is 3.21 bits per heavy atom. The molecule has 2 aromatic rings. The number of hydrogen-bond donors (Lipinski definition) is 1. The number of thiophene rings is 1. The van der Waals surface area contributed by atoms with Gasteiger partial charge < -0.3 is 4.74 Å². The first-order chi connectivity index (χ1) is 9.28. The van der Waals surface area contributed by atoms with Crippen LogP contribution >= 0.6 is 23.6 Å². The highest BCUT2D eigenvalue weighted by Gasteiger charge is 2.19. The van der Waals surface area contributed by atoms with Crippen molar-refractivity contribution < 1.29 is 4.74 Å². The number of aromatic nitrogens is 3. The molecular formula is C13H17N3OS2. The van der Waals surface area contributed by atoms with Crippen LogP contribution in [0, 0.1) is 4.77 Å². The second-order valence-electron chi connectivity index (χ2n) is 4.75. The van der Waals surface area contributed by atoms with Crippen LogP contribution in [0.25, 0.3) is 11.4 Å². The highest BCUT2D eigenvalue weighted by atomic mass is 32.1. The fourth-order valence-electron chi connectivity index (χ4n) is 2.38. The van der Waals surface area contributed by atoms with Crippen molar-refractivity contribution in [3.8, 4) is 11.4 Å². The smallest absolute Gasteiger partial charge is 0.195 e. The Balaban J connectivity index is 1.90. The lowest BCUT2D eigenvalue weighted by Crippen LogP contribution is -2.15. The third kappa shape index (κ3) is 2.66. The molecular weight excluding hydrogens is 278 g/mol. The molecule has 4 nitrogen and oxygen atoms in total. The van der Waals surface area contributed by atoms with E-state index in [1.54, 1.807) is 11.3 Å². The van der Waals surface area contributed by atoms with Crippen LogP contribution in [0.3, 0.4) is 0 Å². The van der Waals surface area contributed by atoms with E-state index < -0.39 is 0 Å². The second-order valence-corrected chi connectivity index (χ2v) is 6.14. The molecule has 0 aromatic carbocycles. The molecule has 0 bridgehead atoms. The van der Waals surface area contributed by atoms with Crippen LogP contribution in [0.1, 0.15) is 24.6 Å². The molecule has 1 aliphatic heterocycles. The summed E-state index contributed by atoms with van der Waals surface area (Å²) in [5.41, 5.74) is 1.15. The average Bonchev–Trinajstić information content (AvgIpc) is 3.12. The van der Waals surface area contributed by atoms with E-state index in [0.29, 0.717) is 4.77 Å². The topological polar surface area (TPSA) is 42.8 Å². The minimum absolute atomic E-state index is 0.271. The van der Waals surface area contributed by atoms with Gasteiger partial charge >= 0.3 is 0 Å². The lowest BCUT2D eigenvalue weighted by Gasteiger charge is -2.11. The van der Waals surface area contributed by atoms with Crippen LogP contribution in [0.15, 0.2) is 11.4 Å². The van der Waals surface area contributed by atoms with Crippen molar-refractivity contribution in [2.24, 2.45) is 0 Å². The summed E-state index contributed by atoms with van der Waals surface area (Å²) >= 11 is 7.11. The molecule has 6 heteroatoms. The molecule has 0 unspecified atom stereocenters. The average molecular weight is 295 g/mol. The zero-order valence-electron chi connectivity index (χ0n) is 10.9. The predicted octanol–water partition coefficient (Wildman–Crippen LogP) is 3.41. The molecule has 1 saturated heterocycles. The summed E-state index contributed by atoms with van der Waals surface area (Å²) in [6, 6.07) is 2.20. The van der Waals surface area contributed by atoms with Crippen molar-refractivity contribution in [3.63, 3.8) is 0 Å². The lowest BCUT2D eigenvalue weighted by molar-refractivity contribution is 0.0970. The molecule has 1 N–H and O–H groups in total. The number of H-pyrrole nitrogens is 1. The molecule has 1 fully saturated rings. The summed E-state index contributed by atoms with van der Waals surface area (Å²) in [6.45, 7) is 3.82. The molecule has 0 amide bonds. The summed E-state index contributed by atoms with van der Waals surface area (Å²) in [5, 5.41) is 9.42. The zero-order valence-corrected chi connectivity index (χ0v) is 12.5. The van der Waals surface area contributed by atoms with Gasteiger partial charge in [0.05, 0.1) is 12.6 Å². The fraction of sp³-hybridized carbons (Fsp3) is 0.538. The highest BCUT2D eigenvalue weighted by molar-refractivity contribution is 7.71. The molecule has 2 aromatic heterocycles. The van der Waals surface area contributed by atoms with Gasteiger partial charge in [0, 0.05) is 22.4 Å². The van der Waals surface area contributed by atoms with Crippen molar-refractivity contribution in [2.75, 3.05) is 6.61 Å². The summed E-state index contributed by atoms with van der Waals surface area (Å²) in [6.07, 6.45) is 3.58. The van der Waals surface area contributed by atoms with E-state index in [9.17, 15) is 0 Å². The fourth-order valence-corrected chi connectivity index (χ4v) is 3.40. The van der Waals surface area contributed by atoms with E-state index in [1.807, 2.05) is 0 Å².